The topological polar surface area (TPSA) is 50.4 Å². The minimum absolute atomic E-state index is 0.0601. The summed E-state index contributed by atoms with van der Waals surface area (Å²) >= 11 is 6.13. The molecule has 3 rings (SSSR count). The van der Waals surface area contributed by atoms with Gasteiger partial charge in [-0.2, -0.15) is 0 Å². The van der Waals surface area contributed by atoms with E-state index in [9.17, 15) is 9.90 Å². The van der Waals surface area contributed by atoms with Gasteiger partial charge in [-0.05, 0) is 43.6 Å². The Bertz CT molecular complexity index is 749. The molecule has 0 aliphatic heterocycles. The Morgan fingerprint density at radius 1 is 1.28 bits per heavy atom. The normalized spacial score (nSPS) is 16.6. The van der Waals surface area contributed by atoms with Crippen LogP contribution in [0.15, 0.2) is 45.6 Å². The van der Waals surface area contributed by atoms with Gasteiger partial charge in [0.05, 0.1) is 5.56 Å². The molecule has 1 aromatic carbocycles. The van der Waals surface area contributed by atoms with E-state index in [-0.39, 0.29) is 17.0 Å². The molecule has 0 amide bonds. The van der Waals surface area contributed by atoms with Crippen LogP contribution in [0.5, 0.6) is 5.75 Å². The van der Waals surface area contributed by atoms with Gasteiger partial charge in [-0.3, -0.25) is 0 Å². The van der Waals surface area contributed by atoms with Crippen LogP contribution in [0.2, 0.25) is 0 Å². The molecule has 25 heavy (non-hydrogen) atoms. The van der Waals surface area contributed by atoms with Crippen LogP contribution in [0.1, 0.15) is 61.8 Å². The van der Waals surface area contributed by atoms with Gasteiger partial charge < -0.3 is 9.52 Å². The van der Waals surface area contributed by atoms with Crippen molar-refractivity contribution in [2.45, 2.75) is 56.7 Å². The monoisotopic (exact) mass is 360 g/mol. The van der Waals surface area contributed by atoms with Gasteiger partial charge in [-0.1, -0.05) is 37.3 Å². The molecule has 0 radical (unpaired) electrons. The summed E-state index contributed by atoms with van der Waals surface area (Å²) in [5, 5.41) is 10.7. The molecule has 1 heterocycles. The molecule has 0 spiro atoms. The van der Waals surface area contributed by atoms with Crippen molar-refractivity contribution in [3.05, 3.63) is 63.7 Å². The van der Waals surface area contributed by atoms with Crippen LogP contribution in [0, 0.1) is 5.92 Å². The molecule has 1 fully saturated rings. The molecule has 2 unspecified atom stereocenters. The lowest BCUT2D eigenvalue weighted by Crippen LogP contribution is -2.16. The lowest BCUT2D eigenvalue weighted by molar-refractivity contribution is 0.400. The second-order valence-electron chi connectivity index (χ2n) is 6.92. The summed E-state index contributed by atoms with van der Waals surface area (Å²) in [6.45, 7) is 2.06. The third-order valence-corrected chi connectivity index (χ3v) is 5.49. The molecule has 1 saturated carbocycles. The van der Waals surface area contributed by atoms with E-state index >= 15 is 0 Å². The van der Waals surface area contributed by atoms with Crippen molar-refractivity contribution < 1.29 is 9.52 Å². The number of benzene rings is 1. The second kappa shape index (κ2) is 8.09. The molecule has 2 aromatic rings. The van der Waals surface area contributed by atoms with Crippen molar-refractivity contribution >= 4 is 11.6 Å². The Morgan fingerprint density at radius 2 is 2.00 bits per heavy atom. The lowest BCUT2D eigenvalue weighted by Gasteiger charge is -2.17. The van der Waals surface area contributed by atoms with Gasteiger partial charge >= 0.3 is 5.63 Å². The zero-order valence-electron chi connectivity index (χ0n) is 14.6. The molecule has 1 aromatic heterocycles. The van der Waals surface area contributed by atoms with E-state index in [1.54, 1.807) is 6.07 Å². The number of hydrogen-bond acceptors (Lipinski definition) is 3. The van der Waals surface area contributed by atoms with Crippen molar-refractivity contribution in [3.63, 3.8) is 0 Å². The number of rotatable bonds is 8. The maximum atomic E-state index is 12.6. The highest BCUT2D eigenvalue weighted by Gasteiger charge is 2.37. The molecule has 1 N–H and O–H groups in total. The van der Waals surface area contributed by atoms with Gasteiger partial charge in [0, 0.05) is 23.8 Å². The van der Waals surface area contributed by atoms with Crippen LogP contribution in [0.25, 0.3) is 0 Å². The largest absolute Gasteiger partial charge is 0.507 e. The first kappa shape index (κ1) is 18.1. The molecular formula is C21H25ClO3. The third kappa shape index (κ3) is 4.46. The van der Waals surface area contributed by atoms with Gasteiger partial charge in [0.1, 0.15) is 11.5 Å². The Balaban J connectivity index is 1.83. The summed E-state index contributed by atoms with van der Waals surface area (Å²) in [5.41, 5.74) is 1.06. The lowest BCUT2D eigenvalue weighted by atomic mass is 9.87. The molecule has 2 atom stereocenters. The van der Waals surface area contributed by atoms with Crippen molar-refractivity contribution in [3.8, 4) is 5.75 Å². The Hall–Kier alpha value is -1.74. The number of aromatic hydroxyl groups is 1. The van der Waals surface area contributed by atoms with E-state index in [0.717, 1.165) is 37.7 Å². The highest BCUT2D eigenvalue weighted by atomic mass is 35.5. The first-order valence-electron chi connectivity index (χ1n) is 9.15. The average molecular weight is 361 g/mol. The predicted octanol–water partition coefficient (Wildman–Crippen LogP) is 5.23. The van der Waals surface area contributed by atoms with Gasteiger partial charge in [0.25, 0.3) is 0 Å². The molecule has 1 aliphatic rings. The van der Waals surface area contributed by atoms with Crippen molar-refractivity contribution in [1.82, 2.24) is 0 Å². The fourth-order valence-corrected chi connectivity index (χ4v) is 3.57. The fourth-order valence-electron chi connectivity index (χ4n) is 3.41. The number of halogens is 1. The van der Waals surface area contributed by atoms with Crippen LogP contribution < -0.4 is 5.63 Å². The zero-order valence-corrected chi connectivity index (χ0v) is 15.3. The summed E-state index contributed by atoms with van der Waals surface area (Å²) in [5.74, 6) is 0.918. The van der Waals surface area contributed by atoms with E-state index < -0.39 is 5.63 Å². The Kier molecular flexibility index (Phi) is 5.85. The molecule has 134 valence electrons. The maximum absolute atomic E-state index is 12.6. The standard InChI is InChI=1S/C21H25ClO3/c1-2-16(22)9-6-10-17-13-18(23)20(21(24)25-17)19(15-11-12-15)14-7-4-3-5-8-14/h3-5,7-8,13,15-16,19,23H,2,6,9-12H2,1H3. The summed E-state index contributed by atoms with van der Waals surface area (Å²) in [6, 6.07) is 11.5. The molecule has 1 aliphatic carbocycles. The first-order chi connectivity index (χ1) is 12.1. The van der Waals surface area contributed by atoms with E-state index in [1.807, 2.05) is 30.3 Å². The molecule has 0 bridgehead atoms. The van der Waals surface area contributed by atoms with E-state index in [1.165, 1.54) is 0 Å². The number of alkyl halides is 1. The van der Waals surface area contributed by atoms with E-state index in [0.29, 0.717) is 23.7 Å². The maximum Gasteiger partial charge on any atom is 0.343 e. The molecule has 4 heteroatoms. The highest BCUT2D eigenvalue weighted by molar-refractivity contribution is 6.20. The smallest absolute Gasteiger partial charge is 0.343 e. The van der Waals surface area contributed by atoms with Crippen molar-refractivity contribution in [2.24, 2.45) is 5.92 Å². The third-order valence-electron chi connectivity index (χ3n) is 4.96. The second-order valence-corrected chi connectivity index (χ2v) is 7.54. The summed E-state index contributed by atoms with van der Waals surface area (Å²) < 4.78 is 5.53. The molecule has 0 saturated heterocycles. The van der Waals surface area contributed by atoms with Crippen LogP contribution in [0.4, 0.5) is 0 Å². The van der Waals surface area contributed by atoms with Crippen LogP contribution in [-0.4, -0.2) is 10.5 Å². The highest BCUT2D eigenvalue weighted by Crippen LogP contribution is 2.47. The van der Waals surface area contributed by atoms with Crippen molar-refractivity contribution in [2.75, 3.05) is 0 Å². The van der Waals surface area contributed by atoms with Crippen LogP contribution in [-0.2, 0) is 6.42 Å². The van der Waals surface area contributed by atoms with Crippen molar-refractivity contribution in [1.29, 1.82) is 0 Å². The summed E-state index contributed by atoms with van der Waals surface area (Å²) in [4.78, 5) is 12.6. The minimum Gasteiger partial charge on any atom is -0.507 e. The van der Waals surface area contributed by atoms with Crippen LogP contribution >= 0.6 is 11.6 Å². The van der Waals surface area contributed by atoms with Gasteiger partial charge in [0.2, 0.25) is 0 Å². The quantitative estimate of drug-likeness (QED) is 0.656. The Morgan fingerprint density at radius 3 is 2.60 bits per heavy atom. The molecular weight excluding hydrogens is 336 g/mol. The van der Waals surface area contributed by atoms with E-state index in [4.69, 9.17) is 16.0 Å². The van der Waals surface area contributed by atoms with Gasteiger partial charge in [-0.25, -0.2) is 4.79 Å². The number of aryl methyl sites for hydroxylation is 1. The molecule has 3 nitrogen and oxygen atoms in total. The summed E-state index contributed by atoms with van der Waals surface area (Å²) in [7, 11) is 0. The van der Waals surface area contributed by atoms with Gasteiger partial charge in [0.15, 0.2) is 0 Å². The SMILES string of the molecule is CCC(Cl)CCCc1cc(O)c(C(c2ccccc2)C2CC2)c(=O)o1. The van der Waals surface area contributed by atoms with Gasteiger partial charge in [-0.15, -0.1) is 11.6 Å². The Labute approximate surface area is 153 Å². The fraction of sp³-hybridized carbons (Fsp3) is 0.476. The predicted molar refractivity (Wildman–Crippen MR) is 101 cm³/mol. The average Bonchev–Trinajstić information content (AvgIpc) is 3.43. The zero-order chi connectivity index (χ0) is 17.8. The minimum atomic E-state index is -0.409. The number of hydrogen-bond donors (Lipinski definition) is 1. The first-order valence-corrected chi connectivity index (χ1v) is 9.58. The van der Waals surface area contributed by atoms with E-state index in [2.05, 4.69) is 6.92 Å². The summed E-state index contributed by atoms with van der Waals surface area (Å²) in [6.07, 6.45) is 5.41. The van der Waals surface area contributed by atoms with Crippen LogP contribution in [0.3, 0.4) is 0 Å².